The van der Waals surface area contributed by atoms with Gasteiger partial charge in [0, 0.05) is 21.4 Å². The summed E-state index contributed by atoms with van der Waals surface area (Å²) in [6.45, 7) is 4.01. The quantitative estimate of drug-likeness (QED) is 0.426. The van der Waals surface area contributed by atoms with Gasteiger partial charge in [-0.05, 0) is 49.7 Å². The summed E-state index contributed by atoms with van der Waals surface area (Å²) in [6, 6.07) is 17.4. The van der Waals surface area contributed by atoms with E-state index in [2.05, 4.69) is 31.0 Å². The van der Waals surface area contributed by atoms with E-state index in [1.54, 1.807) is 6.21 Å². The van der Waals surface area contributed by atoms with Gasteiger partial charge < -0.3 is 4.57 Å². The van der Waals surface area contributed by atoms with Crippen molar-refractivity contribution in [3.05, 3.63) is 86.6 Å². The average Bonchev–Trinajstić information content (AvgIpc) is 2.91. The number of nitrogens with one attached hydrogen (secondary N) is 1. The van der Waals surface area contributed by atoms with Crippen molar-refractivity contribution in [1.29, 1.82) is 0 Å². The number of benzene rings is 2. The second-order valence-electron chi connectivity index (χ2n) is 6.21. The van der Waals surface area contributed by atoms with E-state index in [1.165, 1.54) is 0 Å². The molecule has 3 aromatic rings. The number of amides is 1. The SMILES string of the molecule is Cc1cc(/C=N/NC(=O)Cc2ccc(Br)cc2)c(C)n1-c1ccccc1Cl. The second-order valence-corrected chi connectivity index (χ2v) is 7.53. The van der Waals surface area contributed by atoms with Crippen LogP contribution in [-0.2, 0) is 11.2 Å². The number of aryl methyl sites for hydroxylation is 1. The maximum absolute atomic E-state index is 12.1. The number of hydrazone groups is 1. The van der Waals surface area contributed by atoms with Crippen LogP contribution in [0.2, 0.25) is 5.02 Å². The first-order chi connectivity index (χ1) is 13.0. The topological polar surface area (TPSA) is 46.4 Å². The lowest BCUT2D eigenvalue weighted by Crippen LogP contribution is -2.19. The van der Waals surface area contributed by atoms with Crippen LogP contribution in [0.1, 0.15) is 22.5 Å². The summed E-state index contributed by atoms with van der Waals surface area (Å²) < 4.78 is 3.06. The van der Waals surface area contributed by atoms with Crippen LogP contribution in [0.25, 0.3) is 5.69 Å². The van der Waals surface area contributed by atoms with Crippen LogP contribution in [0.5, 0.6) is 0 Å². The fraction of sp³-hybridized carbons (Fsp3) is 0.143. The second kappa shape index (κ2) is 8.55. The first-order valence-corrected chi connectivity index (χ1v) is 9.63. The Kier molecular flexibility index (Phi) is 6.14. The van der Waals surface area contributed by atoms with Gasteiger partial charge in [0.1, 0.15) is 0 Å². The molecule has 0 spiro atoms. The molecule has 0 radical (unpaired) electrons. The molecule has 1 amide bonds. The van der Waals surface area contributed by atoms with Gasteiger partial charge in [-0.3, -0.25) is 4.79 Å². The van der Waals surface area contributed by atoms with Crippen molar-refractivity contribution in [2.45, 2.75) is 20.3 Å². The molecule has 0 saturated heterocycles. The molecule has 0 unspecified atom stereocenters. The van der Waals surface area contributed by atoms with Crippen molar-refractivity contribution in [2.75, 3.05) is 0 Å². The summed E-state index contributed by atoms with van der Waals surface area (Å²) >= 11 is 9.71. The molecule has 0 saturated carbocycles. The molecule has 1 heterocycles. The van der Waals surface area contributed by atoms with Crippen LogP contribution in [0, 0.1) is 13.8 Å². The van der Waals surface area contributed by atoms with E-state index in [1.807, 2.05) is 68.4 Å². The minimum Gasteiger partial charge on any atom is -0.316 e. The van der Waals surface area contributed by atoms with Gasteiger partial charge in [0.2, 0.25) is 5.91 Å². The third-order valence-corrected chi connectivity index (χ3v) is 5.08. The zero-order valence-corrected chi connectivity index (χ0v) is 17.4. The standard InChI is InChI=1S/C21H19BrClN3O/c1-14-11-17(15(2)26(14)20-6-4-3-5-19(20)23)13-24-25-21(27)12-16-7-9-18(22)10-8-16/h3-11,13H,12H2,1-2H3,(H,25,27)/b24-13+. The van der Waals surface area contributed by atoms with Gasteiger partial charge in [0.15, 0.2) is 0 Å². The maximum atomic E-state index is 12.1. The van der Waals surface area contributed by atoms with Crippen LogP contribution in [-0.4, -0.2) is 16.7 Å². The normalized spacial score (nSPS) is 11.1. The fourth-order valence-electron chi connectivity index (χ4n) is 2.92. The maximum Gasteiger partial charge on any atom is 0.244 e. The fourth-order valence-corrected chi connectivity index (χ4v) is 3.41. The average molecular weight is 445 g/mol. The summed E-state index contributed by atoms with van der Waals surface area (Å²) in [7, 11) is 0. The van der Waals surface area contributed by atoms with Gasteiger partial charge in [-0.2, -0.15) is 5.10 Å². The Morgan fingerprint density at radius 3 is 2.59 bits per heavy atom. The Balaban J connectivity index is 1.71. The van der Waals surface area contributed by atoms with Gasteiger partial charge in [0.25, 0.3) is 0 Å². The molecule has 0 bridgehead atoms. The smallest absolute Gasteiger partial charge is 0.244 e. The first-order valence-electron chi connectivity index (χ1n) is 8.46. The molecule has 27 heavy (non-hydrogen) atoms. The number of para-hydroxylation sites is 1. The van der Waals surface area contributed by atoms with Crippen molar-refractivity contribution in [1.82, 2.24) is 9.99 Å². The van der Waals surface area contributed by atoms with Gasteiger partial charge >= 0.3 is 0 Å². The zero-order valence-electron chi connectivity index (χ0n) is 15.0. The van der Waals surface area contributed by atoms with Crippen molar-refractivity contribution in [3.63, 3.8) is 0 Å². The monoisotopic (exact) mass is 443 g/mol. The molecule has 2 aromatic carbocycles. The molecule has 1 aromatic heterocycles. The molecule has 3 rings (SSSR count). The van der Waals surface area contributed by atoms with E-state index in [0.29, 0.717) is 5.02 Å². The number of hydrogen-bond donors (Lipinski definition) is 1. The lowest BCUT2D eigenvalue weighted by Gasteiger charge is -2.11. The van der Waals surface area contributed by atoms with E-state index < -0.39 is 0 Å². The third kappa shape index (κ3) is 4.67. The van der Waals surface area contributed by atoms with Gasteiger partial charge in [-0.1, -0.05) is 51.8 Å². The van der Waals surface area contributed by atoms with Crippen LogP contribution < -0.4 is 5.43 Å². The molecule has 0 aliphatic rings. The lowest BCUT2D eigenvalue weighted by atomic mass is 10.1. The van der Waals surface area contributed by atoms with Gasteiger partial charge in [0.05, 0.1) is 23.3 Å². The molecule has 0 aliphatic heterocycles. The van der Waals surface area contributed by atoms with Crippen molar-refractivity contribution < 1.29 is 4.79 Å². The molecule has 1 N–H and O–H groups in total. The summed E-state index contributed by atoms with van der Waals surface area (Å²) in [5, 5.41) is 4.79. The molecule has 4 nitrogen and oxygen atoms in total. The van der Waals surface area contributed by atoms with Crippen LogP contribution in [0.15, 0.2) is 64.2 Å². The van der Waals surface area contributed by atoms with Crippen LogP contribution >= 0.6 is 27.5 Å². The van der Waals surface area contributed by atoms with Crippen molar-refractivity contribution in [3.8, 4) is 5.69 Å². The largest absolute Gasteiger partial charge is 0.316 e. The van der Waals surface area contributed by atoms with Gasteiger partial charge in [-0.15, -0.1) is 0 Å². The van der Waals surface area contributed by atoms with E-state index in [-0.39, 0.29) is 12.3 Å². The molecule has 0 atom stereocenters. The van der Waals surface area contributed by atoms with E-state index in [4.69, 9.17) is 11.6 Å². The molecular weight excluding hydrogens is 426 g/mol. The Hall–Kier alpha value is -2.37. The number of aromatic nitrogens is 1. The first kappa shape index (κ1) is 19.4. The Bertz CT molecular complexity index is 993. The minimum absolute atomic E-state index is 0.159. The summed E-state index contributed by atoms with van der Waals surface area (Å²) in [5.41, 5.74) is 7.42. The Labute approximate surface area is 172 Å². The van der Waals surface area contributed by atoms with Gasteiger partial charge in [-0.25, -0.2) is 5.43 Å². The predicted molar refractivity (Wildman–Crippen MR) is 114 cm³/mol. The molecular formula is C21H19BrClN3O. The van der Waals surface area contributed by atoms with Crippen molar-refractivity contribution >= 4 is 39.7 Å². The van der Waals surface area contributed by atoms with E-state index in [9.17, 15) is 4.79 Å². The van der Waals surface area contributed by atoms with E-state index >= 15 is 0 Å². The van der Waals surface area contributed by atoms with E-state index in [0.717, 1.165) is 32.7 Å². The summed E-state index contributed by atoms with van der Waals surface area (Å²) in [4.78, 5) is 12.1. The number of halogens is 2. The van der Waals surface area contributed by atoms with Crippen molar-refractivity contribution in [2.24, 2.45) is 5.10 Å². The summed E-state index contributed by atoms with van der Waals surface area (Å²) in [5.74, 6) is -0.159. The molecule has 0 fully saturated rings. The highest BCUT2D eigenvalue weighted by Crippen LogP contribution is 2.25. The molecule has 6 heteroatoms. The zero-order chi connectivity index (χ0) is 19.4. The Morgan fingerprint density at radius 2 is 1.89 bits per heavy atom. The van der Waals surface area contributed by atoms with Crippen LogP contribution in [0.3, 0.4) is 0 Å². The lowest BCUT2D eigenvalue weighted by molar-refractivity contribution is -0.120. The highest BCUT2D eigenvalue weighted by Gasteiger charge is 2.11. The van der Waals surface area contributed by atoms with Crippen LogP contribution in [0.4, 0.5) is 0 Å². The molecule has 138 valence electrons. The third-order valence-electron chi connectivity index (χ3n) is 4.23. The Morgan fingerprint density at radius 1 is 1.19 bits per heavy atom. The highest BCUT2D eigenvalue weighted by atomic mass is 79.9. The number of rotatable bonds is 5. The summed E-state index contributed by atoms with van der Waals surface area (Å²) in [6.07, 6.45) is 1.94. The minimum atomic E-state index is -0.159. The molecule has 0 aliphatic carbocycles. The highest BCUT2D eigenvalue weighted by molar-refractivity contribution is 9.10. The number of nitrogens with zero attached hydrogens (tertiary/aromatic N) is 2. The number of hydrogen-bond acceptors (Lipinski definition) is 2. The predicted octanol–water partition coefficient (Wildman–Crippen LogP) is 5.20. The number of carbonyl (C=O) groups is 1. The number of carbonyl (C=O) groups excluding carboxylic acids is 1.